The summed E-state index contributed by atoms with van der Waals surface area (Å²) in [5.74, 6) is 0. The summed E-state index contributed by atoms with van der Waals surface area (Å²) >= 11 is 16.6. The number of aliphatic imine (C=N–C) groups is 1. The summed E-state index contributed by atoms with van der Waals surface area (Å²) in [6.07, 6.45) is 1.70. The lowest BCUT2D eigenvalue weighted by Crippen LogP contribution is -2.30. The Kier molecular flexibility index (Phi) is 2.42. The monoisotopic (exact) mass is 212 g/mol. The smallest absolute Gasteiger partial charge is 0.213 e. The molecule has 0 aromatic rings. The Morgan fingerprint density at radius 1 is 1.64 bits per heavy atom. The highest BCUT2D eigenvalue weighted by Gasteiger charge is 2.27. The maximum atomic E-state index is 10.3. The Morgan fingerprint density at radius 2 is 2.27 bits per heavy atom. The highest BCUT2D eigenvalue weighted by atomic mass is 35.5. The second-order valence-corrected chi connectivity index (χ2v) is 3.24. The van der Waals surface area contributed by atoms with Gasteiger partial charge in [-0.05, 0) is 11.6 Å². The minimum Gasteiger partial charge on any atom is -0.321 e. The molecular formula is C5H3Cl3N2O. The van der Waals surface area contributed by atoms with E-state index in [1.165, 1.54) is 6.08 Å². The van der Waals surface area contributed by atoms with Crippen molar-refractivity contribution in [2.45, 2.75) is 5.00 Å². The van der Waals surface area contributed by atoms with Gasteiger partial charge in [0, 0.05) is 6.08 Å². The molecule has 60 valence electrons. The zero-order valence-corrected chi connectivity index (χ0v) is 7.41. The molecule has 0 radical (unpaired) electrons. The van der Waals surface area contributed by atoms with E-state index in [4.69, 9.17) is 34.8 Å². The van der Waals surface area contributed by atoms with Crippen LogP contribution in [0.25, 0.3) is 0 Å². The van der Waals surface area contributed by atoms with E-state index in [-0.39, 0.29) is 10.5 Å². The van der Waals surface area contributed by atoms with Crippen molar-refractivity contribution in [2.24, 2.45) is 4.99 Å². The van der Waals surface area contributed by atoms with Gasteiger partial charge in [-0.25, -0.2) is 4.99 Å². The fourth-order valence-corrected chi connectivity index (χ4v) is 1.42. The Bertz CT molecular complexity index is 230. The van der Waals surface area contributed by atoms with Crippen LogP contribution in [0.5, 0.6) is 0 Å². The zero-order valence-electron chi connectivity index (χ0n) is 5.14. The van der Waals surface area contributed by atoms with Crippen LogP contribution >= 0.6 is 34.8 Å². The number of nitrogens with one attached hydrogen (secondary N) is 1. The normalized spacial score (nSPS) is 30.1. The average Bonchev–Trinajstić information content (AvgIpc) is 1.84. The maximum Gasteiger partial charge on any atom is 0.213 e. The van der Waals surface area contributed by atoms with Crippen LogP contribution in [0.2, 0.25) is 0 Å². The molecule has 0 aromatic heterocycles. The van der Waals surface area contributed by atoms with Crippen LogP contribution in [-0.2, 0) is 4.79 Å². The SMILES string of the molecule is O=CC1(Cl)C=C(Cl)NC(Cl)=N1. The third-order valence-corrected chi connectivity index (χ3v) is 1.65. The molecule has 0 aliphatic carbocycles. The molecule has 0 bridgehead atoms. The number of hydrogen-bond acceptors (Lipinski definition) is 3. The van der Waals surface area contributed by atoms with Gasteiger partial charge in [-0.3, -0.25) is 4.79 Å². The third-order valence-electron chi connectivity index (χ3n) is 0.987. The summed E-state index contributed by atoms with van der Waals surface area (Å²) in [4.78, 5) is 12.5. The first-order chi connectivity index (χ1) is 5.06. The predicted octanol–water partition coefficient (Wildman–Crippen LogP) is 1.40. The van der Waals surface area contributed by atoms with Crippen LogP contribution in [0.4, 0.5) is 0 Å². The van der Waals surface area contributed by atoms with E-state index in [9.17, 15) is 4.79 Å². The maximum absolute atomic E-state index is 10.3. The number of carbonyl (C=O) groups is 1. The topological polar surface area (TPSA) is 41.5 Å². The zero-order chi connectivity index (χ0) is 8.48. The van der Waals surface area contributed by atoms with Crippen LogP contribution in [0.1, 0.15) is 0 Å². The van der Waals surface area contributed by atoms with Crippen molar-refractivity contribution < 1.29 is 4.79 Å². The van der Waals surface area contributed by atoms with Gasteiger partial charge in [0.1, 0.15) is 5.16 Å². The molecule has 1 rings (SSSR count). The molecule has 0 spiro atoms. The van der Waals surface area contributed by atoms with Gasteiger partial charge in [-0.1, -0.05) is 23.2 Å². The Balaban J connectivity index is 2.97. The van der Waals surface area contributed by atoms with Gasteiger partial charge in [-0.2, -0.15) is 0 Å². The molecule has 0 saturated heterocycles. The number of amidine groups is 1. The molecule has 0 fully saturated rings. The van der Waals surface area contributed by atoms with Gasteiger partial charge in [0.05, 0.1) is 0 Å². The Labute approximate surface area is 78.0 Å². The fourth-order valence-electron chi connectivity index (χ4n) is 0.583. The van der Waals surface area contributed by atoms with E-state index in [1.807, 2.05) is 0 Å². The first-order valence-corrected chi connectivity index (χ1v) is 3.75. The van der Waals surface area contributed by atoms with E-state index >= 15 is 0 Å². The molecule has 1 atom stereocenters. The Morgan fingerprint density at radius 3 is 2.73 bits per heavy atom. The van der Waals surface area contributed by atoms with E-state index in [2.05, 4.69) is 10.3 Å². The molecular weight excluding hydrogens is 210 g/mol. The highest BCUT2D eigenvalue weighted by molar-refractivity contribution is 6.66. The lowest BCUT2D eigenvalue weighted by atomic mass is 10.3. The lowest BCUT2D eigenvalue weighted by Gasteiger charge is -2.17. The molecule has 1 heterocycles. The minimum atomic E-state index is -1.45. The number of rotatable bonds is 1. The van der Waals surface area contributed by atoms with E-state index in [0.717, 1.165) is 0 Å². The van der Waals surface area contributed by atoms with Crippen molar-refractivity contribution >= 4 is 46.4 Å². The van der Waals surface area contributed by atoms with Gasteiger partial charge in [0.2, 0.25) is 5.00 Å². The number of halogens is 3. The van der Waals surface area contributed by atoms with Crippen LogP contribution in [0, 0.1) is 0 Å². The molecule has 0 saturated carbocycles. The van der Waals surface area contributed by atoms with Crippen LogP contribution < -0.4 is 5.32 Å². The molecule has 1 unspecified atom stereocenters. The number of hydrogen-bond donors (Lipinski definition) is 1. The van der Waals surface area contributed by atoms with Crippen molar-refractivity contribution in [3.05, 3.63) is 11.2 Å². The molecule has 1 N–H and O–H groups in total. The second kappa shape index (κ2) is 3.01. The minimum absolute atomic E-state index is 0.000370. The second-order valence-electron chi connectivity index (χ2n) is 1.87. The van der Waals surface area contributed by atoms with Crippen LogP contribution in [0.3, 0.4) is 0 Å². The molecule has 1 aliphatic heterocycles. The van der Waals surface area contributed by atoms with Gasteiger partial charge in [-0.15, -0.1) is 0 Å². The van der Waals surface area contributed by atoms with Gasteiger partial charge >= 0.3 is 0 Å². The predicted molar refractivity (Wildman–Crippen MR) is 45.0 cm³/mol. The molecule has 6 heteroatoms. The quantitative estimate of drug-likeness (QED) is 0.406. The number of aldehydes is 1. The fraction of sp³-hybridized carbons (Fsp3) is 0.200. The summed E-state index contributed by atoms with van der Waals surface area (Å²) < 4.78 is 0. The molecule has 3 nitrogen and oxygen atoms in total. The number of nitrogens with zero attached hydrogens (tertiary/aromatic N) is 1. The molecule has 0 amide bonds. The lowest BCUT2D eigenvalue weighted by molar-refractivity contribution is -0.108. The molecule has 1 aliphatic rings. The summed E-state index contributed by atoms with van der Waals surface area (Å²) in [7, 11) is 0. The largest absolute Gasteiger partial charge is 0.321 e. The van der Waals surface area contributed by atoms with Gasteiger partial charge in [0.15, 0.2) is 11.6 Å². The summed E-state index contributed by atoms with van der Waals surface area (Å²) in [5.41, 5.74) is 0. The van der Waals surface area contributed by atoms with E-state index < -0.39 is 5.00 Å². The van der Waals surface area contributed by atoms with Crippen LogP contribution in [0.15, 0.2) is 16.2 Å². The first kappa shape index (κ1) is 8.84. The van der Waals surface area contributed by atoms with Crippen molar-refractivity contribution in [3.63, 3.8) is 0 Å². The van der Waals surface area contributed by atoms with Gasteiger partial charge in [0.25, 0.3) is 0 Å². The van der Waals surface area contributed by atoms with Crippen molar-refractivity contribution in [3.8, 4) is 0 Å². The number of carbonyl (C=O) groups excluding carboxylic acids is 1. The molecule has 0 aromatic carbocycles. The van der Waals surface area contributed by atoms with Crippen LogP contribution in [-0.4, -0.2) is 16.6 Å². The highest BCUT2D eigenvalue weighted by Crippen LogP contribution is 2.22. The first-order valence-electron chi connectivity index (χ1n) is 2.62. The Hall–Kier alpha value is -0.250. The van der Waals surface area contributed by atoms with Crippen molar-refractivity contribution in [1.29, 1.82) is 0 Å². The summed E-state index contributed by atoms with van der Waals surface area (Å²) in [6, 6.07) is 0. The summed E-state index contributed by atoms with van der Waals surface area (Å²) in [6.45, 7) is 0. The average molecular weight is 213 g/mol. The number of alkyl halides is 1. The summed E-state index contributed by atoms with van der Waals surface area (Å²) in [5, 5.41) is 2.65. The van der Waals surface area contributed by atoms with Crippen molar-refractivity contribution in [2.75, 3.05) is 0 Å². The standard InChI is InChI=1S/C5H3Cl3N2O/c6-3-1-5(8,2-11)10-4(7)9-3/h1-2H,(H,9,10). The van der Waals surface area contributed by atoms with E-state index in [1.54, 1.807) is 0 Å². The van der Waals surface area contributed by atoms with Crippen molar-refractivity contribution in [1.82, 2.24) is 5.32 Å². The van der Waals surface area contributed by atoms with E-state index in [0.29, 0.717) is 6.29 Å². The third kappa shape index (κ3) is 2.09. The molecule has 11 heavy (non-hydrogen) atoms. The van der Waals surface area contributed by atoms with Gasteiger partial charge < -0.3 is 5.32 Å².